The lowest BCUT2D eigenvalue weighted by Gasteiger charge is -2.34. The molecule has 0 radical (unpaired) electrons. The van der Waals surface area contributed by atoms with E-state index in [1.165, 1.54) is 0 Å². The first-order valence-corrected chi connectivity index (χ1v) is 7.61. The predicted octanol–water partition coefficient (Wildman–Crippen LogP) is 3.22. The van der Waals surface area contributed by atoms with Crippen LogP contribution < -0.4 is 10.6 Å². The van der Waals surface area contributed by atoms with Crippen LogP contribution in [0, 0.1) is 5.41 Å². The van der Waals surface area contributed by atoms with Crippen LogP contribution in [-0.4, -0.2) is 25.5 Å². The van der Waals surface area contributed by atoms with Gasteiger partial charge in [0.15, 0.2) is 0 Å². The third kappa shape index (κ3) is 4.20. The number of amides is 1. The summed E-state index contributed by atoms with van der Waals surface area (Å²) in [7, 11) is 0. The highest BCUT2D eigenvalue weighted by molar-refractivity contribution is 9.10. The van der Waals surface area contributed by atoms with Crippen LogP contribution in [0.25, 0.3) is 0 Å². The molecule has 1 amide bonds. The van der Waals surface area contributed by atoms with Crippen molar-refractivity contribution in [3.8, 4) is 0 Å². The predicted molar refractivity (Wildman–Crippen MR) is 81.7 cm³/mol. The van der Waals surface area contributed by atoms with Gasteiger partial charge in [0, 0.05) is 21.6 Å². The Morgan fingerprint density at radius 1 is 1.42 bits per heavy atom. The molecular weight excluding hydrogens is 328 g/mol. The van der Waals surface area contributed by atoms with E-state index in [0.29, 0.717) is 17.1 Å². The van der Waals surface area contributed by atoms with Crippen LogP contribution in [0.2, 0.25) is 5.02 Å². The largest absolute Gasteiger partial charge is 0.351 e. The van der Waals surface area contributed by atoms with Gasteiger partial charge in [0.1, 0.15) is 0 Å². The first-order valence-electron chi connectivity index (χ1n) is 6.44. The minimum Gasteiger partial charge on any atom is -0.351 e. The second-order valence-corrected chi connectivity index (χ2v) is 6.75. The molecule has 0 aliphatic carbocycles. The van der Waals surface area contributed by atoms with Crippen molar-refractivity contribution in [2.45, 2.75) is 19.8 Å². The molecule has 3 nitrogen and oxygen atoms in total. The highest BCUT2D eigenvalue weighted by atomic mass is 79.9. The van der Waals surface area contributed by atoms with Gasteiger partial charge in [0.05, 0.1) is 0 Å². The molecule has 0 spiro atoms. The number of carbonyl (C=O) groups is 1. The Kier molecular flexibility index (Phi) is 4.87. The molecule has 0 aromatic heterocycles. The Morgan fingerprint density at radius 3 is 2.74 bits per heavy atom. The van der Waals surface area contributed by atoms with Crippen LogP contribution in [0.4, 0.5) is 0 Å². The average molecular weight is 346 g/mol. The number of rotatable bonds is 3. The van der Waals surface area contributed by atoms with E-state index >= 15 is 0 Å². The smallest absolute Gasteiger partial charge is 0.251 e. The molecule has 5 heteroatoms. The molecule has 0 unspecified atom stereocenters. The molecule has 1 fully saturated rings. The maximum Gasteiger partial charge on any atom is 0.251 e. The van der Waals surface area contributed by atoms with Crippen molar-refractivity contribution in [2.75, 3.05) is 19.6 Å². The van der Waals surface area contributed by atoms with Gasteiger partial charge in [-0.3, -0.25) is 4.79 Å². The van der Waals surface area contributed by atoms with Crippen LogP contribution in [0.1, 0.15) is 30.1 Å². The standard InChI is InChI=1S/C14H18BrClN2O/c1-14(2-4-17-5-3-14)9-18-13(19)10-6-11(15)8-12(16)7-10/h6-8,17H,2-5,9H2,1H3,(H,18,19). The first-order chi connectivity index (χ1) is 8.98. The Bertz CT molecular complexity index is 452. The molecule has 1 aliphatic heterocycles. The van der Waals surface area contributed by atoms with Crippen molar-refractivity contribution in [1.82, 2.24) is 10.6 Å². The Labute approximate surface area is 127 Å². The lowest BCUT2D eigenvalue weighted by atomic mass is 9.81. The van der Waals surface area contributed by atoms with Crippen molar-refractivity contribution in [2.24, 2.45) is 5.41 Å². The zero-order chi connectivity index (χ0) is 13.9. The molecule has 104 valence electrons. The Balaban J connectivity index is 1.97. The van der Waals surface area contributed by atoms with E-state index in [1.807, 2.05) is 0 Å². The van der Waals surface area contributed by atoms with E-state index in [4.69, 9.17) is 11.6 Å². The highest BCUT2D eigenvalue weighted by Gasteiger charge is 2.27. The molecule has 1 saturated heterocycles. The van der Waals surface area contributed by atoms with E-state index in [0.717, 1.165) is 30.4 Å². The number of hydrogen-bond acceptors (Lipinski definition) is 2. The van der Waals surface area contributed by atoms with Crippen molar-refractivity contribution in [1.29, 1.82) is 0 Å². The topological polar surface area (TPSA) is 41.1 Å². The monoisotopic (exact) mass is 344 g/mol. The van der Waals surface area contributed by atoms with Gasteiger partial charge in [-0.25, -0.2) is 0 Å². The molecule has 19 heavy (non-hydrogen) atoms. The fourth-order valence-corrected chi connectivity index (χ4v) is 3.15. The van der Waals surface area contributed by atoms with Gasteiger partial charge in [-0.15, -0.1) is 0 Å². The average Bonchev–Trinajstić information content (AvgIpc) is 2.36. The third-order valence-electron chi connectivity index (χ3n) is 3.61. The lowest BCUT2D eigenvalue weighted by Crippen LogP contribution is -2.42. The molecular formula is C14H18BrClN2O. The van der Waals surface area contributed by atoms with E-state index in [9.17, 15) is 4.79 Å². The number of benzene rings is 1. The summed E-state index contributed by atoms with van der Waals surface area (Å²) in [5, 5.41) is 6.92. The van der Waals surface area contributed by atoms with Gasteiger partial charge in [0.2, 0.25) is 0 Å². The van der Waals surface area contributed by atoms with Gasteiger partial charge in [-0.1, -0.05) is 34.5 Å². The second-order valence-electron chi connectivity index (χ2n) is 5.40. The van der Waals surface area contributed by atoms with Crippen molar-refractivity contribution < 1.29 is 4.79 Å². The van der Waals surface area contributed by atoms with Crippen molar-refractivity contribution in [3.05, 3.63) is 33.3 Å². The van der Waals surface area contributed by atoms with E-state index in [2.05, 4.69) is 33.5 Å². The van der Waals surface area contributed by atoms with Crippen LogP contribution in [0.5, 0.6) is 0 Å². The SMILES string of the molecule is CC1(CNC(=O)c2cc(Cl)cc(Br)c2)CCNCC1. The normalized spacial score (nSPS) is 18.1. The fraction of sp³-hybridized carbons (Fsp3) is 0.500. The Hall–Kier alpha value is -0.580. The minimum atomic E-state index is -0.0667. The number of hydrogen-bond donors (Lipinski definition) is 2. The number of carbonyl (C=O) groups excluding carboxylic acids is 1. The number of halogens is 2. The Morgan fingerprint density at radius 2 is 2.11 bits per heavy atom. The number of nitrogens with one attached hydrogen (secondary N) is 2. The van der Waals surface area contributed by atoms with Crippen LogP contribution in [0.15, 0.2) is 22.7 Å². The fourth-order valence-electron chi connectivity index (χ4n) is 2.29. The molecule has 1 aliphatic rings. The molecule has 2 N–H and O–H groups in total. The maximum absolute atomic E-state index is 12.1. The molecule has 0 atom stereocenters. The summed E-state index contributed by atoms with van der Waals surface area (Å²) in [6.45, 7) is 4.98. The van der Waals surface area contributed by atoms with Gasteiger partial charge in [-0.2, -0.15) is 0 Å². The first kappa shape index (κ1) is 14.8. The van der Waals surface area contributed by atoms with Crippen LogP contribution in [0.3, 0.4) is 0 Å². The summed E-state index contributed by atoms with van der Waals surface area (Å²) in [6, 6.07) is 5.24. The van der Waals surface area contributed by atoms with Gasteiger partial charge >= 0.3 is 0 Å². The van der Waals surface area contributed by atoms with E-state index in [-0.39, 0.29) is 11.3 Å². The molecule has 1 heterocycles. The van der Waals surface area contributed by atoms with Gasteiger partial charge < -0.3 is 10.6 Å². The zero-order valence-electron chi connectivity index (χ0n) is 10.9. The van der Waals surface area contributed by atoms with Crippen molar-refractivity contribution >= 4 is 33.4 Å². The highest BCUT2D eigenvalue weighted by Crippen LogP contribution is 2.27. The molecule has 0 bridgehead atoms. The summed E-state index contributed by atoms with van der Waals surface area (Å²) in [5.41, 5.74) is 0.786. The lowest BCUT2D eigenvalue weighted by molar-refractivity contribution is 0.0922. The van der Waals surface area contributed by atoms with E-state index < -0.39 is 0 Å². The molecule has 2 rings (SSSR count). The zero-order valence-corrected chi connectivity index (χ0v) is 13.3. The minimum absolute atomic E-state index is 0.0667. The summed E-state index contributed by atoms with van der Waals surface area (Å²) in [5.74, 6) is -0.0667. The summed E-state index contributed by atoms with van der Waals surface area (Å²) >= 11 is 9.30. The summed E-state index contributed by atoms with van der Waals surface area (Å²) < 4.78 is 0.818. The molecule has 1 aromatic rings. The second kappa shape index (κ2) is 6.25. The summed E-state index contributed by atoms with van der Waals surface area (Å²) in [6.07, 6.45) is 2.18. The van der Waals surface area contributed by atoms with Crippen LogP contribution >= 0.6 is 27.5 Å². The van der Waals surface area contributed by atoms with E-state index in [1.54, 1.807) is 18.2 Å². The van der Waals surface area contributed by atoms with Crippen molar-refractivity contribution in [3.63, 3.8) is 0 Å². The molecule has 0 saturated carbocycles. The number of piperidine rings is 1. The molecule has 1 aromatic carbocycles. The maximum atomic E-state index is 12.1. The third-order valence-corrected chi connectivity index (χ3v) is 4.29. The van der Waals surface area contributed by atoms with Gasteiger partial charge in [-0.05, 0) is 49.5 Å². The van der Waals surface area contributed by atoms with Gasteiger partial charge in [0.25, 0.3) is 5.91 Å². The van der Waals surface area contributed by atoms with Crippen LogP contribution in [-0.2, 0) is 0 Å². The summed E-state index contributed by atoms with van der Waals surface area (Å²) in [4.78, 5) is 12.1. The quantitative estimate of drug-likeness (QED) is 0.883.